The molecule has 1 aromatic heterocycles. The number of hydrogen-bond acceptors (Lipinski definition) is 21. The van der Waals surface area contributed by atoms with E-state index in [0.717, 1.165) is 20.5 Å². The van der Waals surface area contributed by atoms with Crippen molar-refractivity contribution in [1.82, 2.24) is 60.6 Å². The van der Waals surface area contributed by atoms with Crippen LogP contribution in [0.25, 0.3) is 10.9 Å². The summed E-state index contributed by atoms with van der Waals surface area (Å²) in [5.41, 5.74) is 1.88. The summed E-state index contributed by atoms with van der Waals surface area (Å²) in [6.45, 7) is 6.70. The average molecular weight is 1460 g/mol. The number of likely N-dealkylation sites (tertiary alicyclic amines) is 1. The molecule has 0 spiro atoms. The van der Waals surface area contributed by atoms with Crippen LogP contribution in [0.1, 0.15) is 67.8 Å². The number of thioether (sulfide) groups is 1. The number of fused-ring (bicyclic) bond motifs is 1. The van der Waals surface area contributed by atoms with Crippen molar-refractivity contribution in [3.63, 3.8) is 0 Å². The molecule has 6 rings (SSSR count). The maximum Gasteiger partial charge on any atom is 0.317 e. The van der Waals surface area contributed by atoms with Gasteiger partial charge in [-0.05, 0) is 110 Å². The number of unbranched alkanes of at least 4 members (excludes halogenated alkanes) is 1. The van der Waals surface area contributed by atoms with Gasteiger partial charge in [0, 0.05) is 138 Å². The summed E-state index contributed by atoms with van der Waals surface area (Å²) in [5.74, 6) is -3.28. The molecule has 95 heavy (non-hydrogen) atoms. The number of aryl methyl sites for hydroxylation is 1. The number of carboxylic acid groups (broad SMARTS) is 1. The van der Waals surface area contributed by atoms with Crippen molar-refractivity contribution in [2.45, 2.75) is 82.4 Å². The number of amidine groups is 1. The van der Waals surface area contributed by atoms with Gasteiger partial charge in [-0.25, -0.2) is 8.78 Å². The summed E-state index contributed by atoms with van der Waals surface area (Å²) < 4.78 is 45.2. The number of alkyl halides is 2. The third-order valence-corrected chi connectivity index (χ3v) is 17.9. The maximum atomic E-state index is 14.0. The minimum atomic E-state index is -3.11. The van der Waals surface area contributed by atoms with Gasteiger partial charge in [0.15, 0.2) is 0 Å². The van der Waals surface area contributed by atoms with Crippen molar-refractivity contribution in [2.75, 3.05) is 156 Å². The molecule has 4 heterocycles. The van der Waals surface area contributed by atoms with Gasteiger partial charge in [-0.2, -0.15) is 11.8 Å². The Morgan fingerprint density at radius 1 is 0.832 bits per heavy atom. The lowest BCUT2D eigenvalue weighted by Gasteiger charge is -2.35. The zero-order chi connectivity index (χ0) is 68.5. The van der Waals surface area contributed by atoms with Crippen molar-refractivity contribution >= 4 is 105 Å². The Labute approximate surface area is 570 Å². The number of aromatic nitrogens is 1. The first kappa shape index (κ1) is 76.8. The van der Waals surface area contributed by atoms with E-state index < -0.39 is 79.1 Å². The predicted molar refractivity (Wildman–Crippen MR) is 359 cm³/mol. The molecule has 3 atom stereocenters. The van der Waals surface area contributed by atoms with Gasteiger partial charge in [-0.3, -0.25) is 77.6 Å². The van der Waals surface area contributed by atoms with Gasteiger partial charge >= 0.3 is 5.97 Å². The Morgan fingerprint density at radius 2 is 1.48 bits per heavy atom. The number of benzene rings is 2. The molecular weight excluding hydrogens is 1370 g/mol. The number of aliphatic hydroxyl groups is 1. The van der Waals surface area contributed by atoms with Gasteiger partial charge in [-0.15, -0.1) is 6.42 Å². The van der Waals surface area contributed by atoms with Crippen LogP contribution in [0.5, 0.6) is 5.75 Å². The molecule has 3 fully saturated rings. The number of amides is 6. The van der Waals surface area contributed by atoms with E-state index in [-0.39, 0.29) is 69.8 Å². The summed E-state index contributed by atoms with van der Waals surface area (Å²) in [5, 5.41) is 32.3. The molecule has 6 amide bonds. The highest BCUT2D eigenvalue weighted by Crippen LogP contribution is 2.32. The maximum absolute atomic E-state index is 14.0. The lowest BCUT2D eigenvalue weighted by Crippen LogP contribution is -2.52. The number of piperazine rings is 1. The number of rotatable bonds is 35. The van der Waals surface area contributed by atoms with Crippen LogP contribution in [0.15, 0.2) is 59.7 Å². The number of pyridine rings is 1. The smallest absolute Gasteiger partial charge is 0.317 e. The number of carbonyl (C=O) groups is 9. The van der Waals surface area contributed by atoms with Gasteiger partial charge in [0.1, 0.15) is 31.4 Å². The van der Waals surface area contributed by atoms with Crippen LogP contribution in [0.3, 0.4) is 0 Å². The van der Waals surface area contributed by atoms with Crippen molar-refractivity contribution in [3.05, 3.63) is 69.4 Å². The summed E-state index contributed by atoms with van der Waals surface area (Å²) in [6.07, 6.45) is 8.61. The van der Waals surface area contributed by atoms with E-state index in [4.69, 9.17) is 20.6 Å². The number of carbonyl (C=O) groups excluding carboxylic acids is 8. The molecule has 3 aliphatic rings. The Kier molecular flexibility index (Phi) is 33.2. The quantitative estimate of drug-likeness (QED) is 0.0121. The van der Waals surface area contributed by atoms with Crippen LogP contribution >= 0.6 is 34.4 Å². The molecule has 520 valence electrons. The van der Waals surface area contributed by atoms with Crippen LogP contribution in [-0.2, 0) is 54.3 Å². The fourth-order valence-corrected chi connectivity index (χ4v) is 12.1. The largest absolute Gasteiger partial charge is 0.494 e. The van der Waals surface area contributed by atoms with E-state index in [0.29, 0.717) is 158 Å². The highest BCUT2D eigenvalue weighted by molar-refractivity contribution is 14.1. The molecule has 0 radical (unpaired) electrons. The van der Waals surface area contributed by atoms with Gasteiger partial charge in [0.25, 0.3) is 30.7 Å². The Balaban J connectivity index is 0.944. The van der Waals surface area contributed by atoms with Gasteiger partial charge in [0.05, 0.1) is 55.7 Å². The third-order valence-electron chi connectivity index (χ3n) is 16.1. The Morgan fingerprint density at radius 3 is 2.14 bits per heavy atom. The molecule has 0 saturated carbocycles. The highest BCUT2D eigenvalue weighted by atomic mass is 127. The number of nitrogens with zero attached hydrogens (tertiary/aromatic N) is 9. The van der Waals surface area contributed by atoms with Crippen LogP contribution in [0, 0.1) is 15.9 Å². The van der Waals surface area contributed by atoms with Crippen LogP contribution in [0.4, 0.5) is 8.78 Å². The lowest BCUT2D eigenvalue weighted by atomic mass is 10.1. The Bertz CT molecular complexity index is 3090. The summed E-state index contributed by atoms with van der Waals surface area (Å²) in [6, 6.07) is 12.7. The summed E-state index contributed by atoms with van der Waals surface area (Å²) >= 11 is 3.54. The molecule has 3 saturated heterocycles. The minimum absolute atomic E-state index is 0.0181. The van der Waals surface area contributed by atoms with E-state index >= 15 is 0 Å². The molecule has 27 nitrogen and oxygen atoms in total. The number of carboxylic acids is 1. The number of hydrogen-bond donors (Lipinski definition) is 6. The van der Waals surface area contributed by atoms with Crippen molar-refractivity contribution in [3.8, 4) is 18.1 Å². The van der Waals surface area contributed by atoms with Crippen LogP contribution < -0.4 is 26.0 Å². The van der Waals surface area contributed by atoms with Gasteiger partial charge in [0.2, 0.25) is 23.6 Å². The molecule has 3 aromatic rings. The predicted octanol–water partition coefficient (Wildman–Crippen LogP) is 1.34. The number of ether oxygens (including phenoxy) is 3. The van der Waals surface area contributed by atoms with E-state index in [1.54, 1.807) is 34.9 Å². The number of halogens is 3. The molecular formula is C64H88F2IN13O14S. The highest BCUT2D eigenvalue weighted by Gasteiger charge is 2.46. The standard InChI is InChI=1S/C64H88F2IN13O14S/c1-3-50-37-64(65,66)42-80(50)59(86)38-71-61(89)52-17-19-69-54-16-15-51(36-53(52)54)94-34-7-21-74-30-32-79(33-31-74)63(91)56(83)41-95-35-20-70-62(90)55(9-4-5-18-68-47(2)72-57(84)10-6-8-48-11-13-49(67)14-12-48)73-58(85)39-75-22-23-76(40-60(87)88)25-27-78(44-93-46-82)29-28-77(26-24-75)43-92-45-81/h1,11-17,19,36,45-46,50,55-56,83H,4-10,18,20-35,37-44H2,2H3,(H,70,90)(H,71,89)(H,73,85)(H,87,88)(H,68,72,84)/t50-,55?,56+/m0/s1. The van der Waals surface area contributed by atoms with Gasteiger partial charge < -0.3 is 55.5 Å². The van der Waals surface area contributed by atoms with Gasteiger partial charge in [-0.1, -0.05) is 18.1 Å². The van der Waals surface area contributed by atoms with Crippen molar-refractivity contribution in [2.24, 2.45) is 4.99 Å². The number of aliphatic hydroxyl groups excluding tert-OH is 1. The summed E-state index contributed by atoms with van der Waals surface area (Å²) in [7, 11) is 0. The van der Waals surface area contributed by atoms with E-state index in [1.165, 1.54) is 24.0 Å². The zero-order valence-electron chi connectivity index (χ0n) is 53.6. The molecule has 31 heteroatoms. The molecule has 1 unspecified atom stereocenters. The topological polar surface area (TPSA) is 318 Å². The Hall–Kier alpha value is -7.19. The van der Waals surface area contributed by atoms with Crippen LogP contribution in [-0.4, -0.2) is 290 Å². The molecule has 0 aliphatic carbocycles. The molecule has 0 bridgehead atoms. The van der Waals surface area contributed by atoms with E-state index in [9.17, 15) is 62.1 Å². The number of aliphatic imine (C=N–C) groups is 1. The normalized spacial score (nSPS) is 17.9. The first-order chi connectivity index (χ1) is 45.7. The molecule has 3 aliphatic heterocycles. The second-order valence-corrected chi connectivity index (χ2v) is 25.7. The average Bonchev–Trinajstić information content (AvgIpc) is 1.79. The number of terminal acetylenes is 1. The first-order valence-corrected chi connectivity index (χ1v) is 34.0. The lowest BCUT2D eigenvalue weighted by molar-refractivity contribution is -0.141. The minimum Gasteiger partial charge on any atom is -0.494 e. The number of nitrogens with one attached hydrogen (secondary N) is 4. The van der Waals surface area contributed by atoms with Crippen molar-refractivity contribution < 1.29 is 76.4 Å². The zero-order valence-corrected chi connectivity index (χ0v) is 56.6. The second kappa shape index (κ2) is 41.0. The van der Waals surface area contributed by atoms with E-state index in [2.05, 4.69) is 64.7 Å². The number of aliphatic carboxylic acids is 1. The molecule has 2 aromatic carbocycles. The fraction of sp³-hybridized carbons (Fsp3) is 0.578. The monoisotopic (exact) mass is 1460 g/mol. The van der Waals surface area contributed by atoms with E-state index in [1.807, 2.05) is 39.0 Å². The molecule has 6 N–H and O–H groups in total. The second-order valence-electron chi connectivity index (χ2n) is 23.3. The SMILES string of the molecule is C#C[C@H]1CC(F)(F)CN1C(=O)CNC(=O)c1ccnc2ccc(OCCCN3CCN(C(=O)[C@H](O)CSCCNC(=O)C(CCCCN=C(C)NC(=O)CCCc4ccc(I)cc4)NC(=O)CN4CCN(COC=O)CCN(COC=O)CCN(CC(=O)O)CC4)CC3)cc12. The van der Waals surface area contributed by atoms with Crippen LogP contribution in [0.2, 0.25) is 0 Å². The first-order valence-electron chi connectivity index (χ1n) is 31.8. The fourth-order valence-electron chi connectivity index (χ4n) is 11.0. The third kappa shape index (κ3) is 27.8. The summed E-state index contributed by atoms with van der Waals surface area (Å²) in [4.78, 5) is 135. The van der Waals surface area contributed by atoms with Crippen molar-refractivity contribution in [1.29, 1.82) is 0 Å².